The Labute approximate surface area is 147 Å². The highest BCUT2D eigenvalue weighted by Crippen LogP contribution is 2.28. The first-order chi connectivity index (χ1) is 12.0. The van der Waals surface area contributed by atoms with Crippen LogP contribution in [-0.2, 0) is 0 Å². The van der Waals surface area contributed by atoms with Gasteiger partial charge in [0.1, 0.15) is 0 Å². The SMILES string of the molecule is CCC(CC)c1ccc(N(C)c2cnc3nc(N)nc(N)c3n2)cc1. The van der Waals surface area contributed by atoms with Gasteiger partial charge < -0.3 is 16.4 Å². The third-order valence-electron chi connectivity index (χ3n) is 4.52. The van der Waals surface area contributed by atoms with Crippen molar-refractivity contribution in [3.63, 3.8) is 0 Å². The Morgan fingerprint density at radius 2 is 1.68 bits per heavy atom. The minimum atomic E-state index is 0.0948. The zero-order valence-electron chi connectivity index (χ0n) is 14.8. The Hall–Kier alpha value is -2.96. The van der Waals surface area contributed by atoms with Crippen molar-refractivity contribution >= 4 is 34.4 Å². The van der Waals surface area contributed by atoms with E-state index in [9.17, 15) is 0 Å². The van der Waals surface area contributed by atoms with Gasteiger partial charge in [-0.05, 0) is 36.5 Å². The lowest BCUT2D eigenvalue weighted by atomic mass is 9.94. The van der Waals surface area contributed by atoms with Gasteiger partial charge in [-0.1, -0.05) is 26.0 Å². The topological polar surface area (TPSA) is 107 Å². The summed E-state index contributed by atoms with van der Waals surface area (Å²) < 4.78 is 0. The zero-order valence-corrected chi connectivity index (χ0v) is 14.8. The zero-order chi connectivity index (χ0) is 18.0. The smallest absolute Gasteiger partial charge is 0.224 e. The molecule has 3 aromatic rings. The molecule has 25 heavy (non-hydrogen) atoms. The summed E-state index contributed by atoms with van der Waals surface area (Å²) in [6.07, 6.45) is 3.94. The number of hydrogen-bond acceptors (Lipinski definition) is 7. The van der Waals surface area contributed by atoms with Crippen LogP contribution in [0.25, 0.3) is 11.2 Å². The lowest BCUT2D eigenvalue weighted by molar-refractivity contribution is 0.642. The van der Waals surface area contributed by atoms with Gasteiger partial charge in [-0.3, -0.25) is 0 Å². The van der Waals surface area contributed by atoms with Crippen molar-refractivity contribution in [3.8, 4) is 0 Å². The molecular weight excluding hydrogens is 314 g/mol. The summed E-state index contributed by atoms with van der Waals surface area (Å²) in [5, 5.41) is 0. The third kappa shape index (κ3) is 3.31. The summed E-state index contributed by atoms with van der Waals surface area (Å²) in [6.45, 7) is 4.44. The molecule has 7 heteroatoms. The lowest BCUT2D eigenvalue weighted by Crippen LogP contribution is -2.13. The number of fused-ring (bicyclic) bond motifs is 1. The number of nitrogen functional groups attached to an aromatic ring is 2. The second kappa shape index (κ2) is 6.88. The normalized spacial score (nSPS) is 11.2. The molecule has 0 aliphatic rings. The predicted molar refractivity (Wildman–Crippen MR) is 102 cm³/mol. The lowest BCUT2D eigenvalue weighted by Gasteiger charge is -2.20. The van der Waals surface area contributed by atoms with E-state index in [0.717, 1.165) is 18.5 Å². The van der Waals surface area contributed by atoms with Crippen LogP contribution in [0.3, 0.4) is 0 Å². The third-order valence-corrected chi connectivity index (χ3v) is 4.52. The molecule has 0 aliphatic heterocycles. The van der Waals surface area contributed by atoms with E-state index >= 15 is 0 Å². The van der Waals surface area contributed by atoms with Gasteiger partial charge in [0.2, 0.25) is 5.95 Å². The maximum atomic E-state index is 5.90. The van der Waals surface area contributed by atoms with Crippen LogP contribution < -0.4 is 16.4 Å². The van der Waals surface area contributed by atoms with Crippen LogP contribution in [0.15, 0.2) is 30.5 Å². The molecule has 4 N–H and O–H groups in total. The van der Waals surface area contributed by atoms with E-state index in [4.69, 9.17) is 11.5 Å². The highest BCUT2D eigenvalue weighted by Gasteiger charge is 2.12. The van der Waals surface area contributed by atoms with E-state index in [2.05, 4.69) is 58.0 Å². The molecule has 130 valence electrons. The van der Waals surface area contributed by atoms with Crippen molar-refractivity contribution in [1.29, 1.82) is 0 Å². The van der Waals surface area contributed by atoms with Gasteiger partial charge in [0, 0.05) is 12.7 Å². The van der Waals surface area contributed by atoms with Crippen LogP contribution in [0, 0.1) is 0 Å². The standard InChI is InChI=1S/C18H23N7/c1-4-11(5-2)12-6-8-13(9-7-12)25(3)14-10-21-17-15(22-14)16(19)23-18(20)24-17/h6-11H,4-5H2,1-3H3,(H4,19,20,21,23,24). The molecule has 0 aliphatic carbocycles. The highest BCUT2D eigenvalue weighted by molar-refractivity contribution is 5.83. The average Bonchev–Trinajstić information content (AvgIpc) is 2.62. The summed E-state index contributed by atoms with van der Waals surface area (Å²) in [5.41, 5.74) is 14.7. The van der Waals surface area contributed by atoms with Crippen molar-refractivity contribution in [2.75, 3.05) is 23.4 Å². The van der Waals surface area contributed by atoms with Crippen molar-refractivity contribution in [3.05, 3.63) is 36.0 Å². The van der Waals surface area contributed by atoms with Crippen LogP contribution in [0.1, 0.15) is 38.2 Å². The second-order valence-electron chi connectivity index (χ2n) is 6.03. The average molecular weight is 337 g/mol. The molecule has 0 saturated carbocycles. The number of benzene rings is 1. The Morgan fingerprint density at radius 1 is 1.00 bits per heavy atom. The molecule has 1 aromatic carbocycles. The summed E-state index contributed by atoms with van der Waals surface area (Å²) in [5.74, 6) is 1.59. The van der Waals surface area contributed by atoms with Gasteiger partial charge in [0.05, 0.1) is 6.20 Å². The van der Waals surface area contributed by atoms with Crippen LogP contribution >= 0.6 is 0 Å². The molecule has 0 unspecified atom stereocenters. The van der Waals surface area contributed by atoms with Gasteiger partial charge in [-0.2, -0.15) is 9.97 Å². The Kier molecular flexibility index (Phi) is 4.65. The Balaban J connectivity index is 1.92. The van der Waals surface area contributed by atoms with E-state index < -0.39 is 0 Å². The molecular formula is C18H23N7. The van der Waals surface area contributed by atoms with Crippen LogP contribution in [0.5, 0.6) is 0 Å². The first-order valence-corrected chi connectivity index (χ1v) is 8.42. The number of nitrogens with two attached hydrogens (primary N) is 2. The Bertz CT molecular complexity index is 872. The van der Waals surface area contributed by atoms with E-state index in [1.807, 2.05) is 11.9 Å². The Morgan fingerprint density at radius 3 is 2.32 bits per heavy atom. The predicted octanol–water partition coefficient (Wildman–Crippen LogP) is 3.26. The molecule has 3 rings (SSSR count). The number of anilines is 4. The number of rotatable bonds is 5. The van der Waals surface area contributed by atoms with Gasteiger partial charge in [0.25, 0.3) is 0 Å². The van der Waals surface area contributed by atoms with E-state index in [1.54, 1.807) is 6.20 Å². The fourth-order valence-electron chi connectivity index (χ4n) is 2.96. The largest absolute Gasteiger partial charge is 0.382 e. The molecule has 0 atom stereocenters. The number of aromatic nitrogens is 4. The fraction of sp³-hybridized carbons (Fsp3) is 0.333. The molecule has 2 heterocycles. The molecule has 0 saturated heterocycles. The molecule has 2 aromatic heterocycles. The minimum absolute atomic E-state index is 0.0948. The molecule has 0 amide bonds. The summed E-state index contributed by atoms with van der Waals surface area (Å²) >= 11 is 0. The quantitative estimate of drug-likeness (QED) is 0.735. The maximum Gasteiger partial charge on any atom is 0.224 e. The van der Waals surface area contributed by atoms with Crippen LogP contribution in [0.2, 0.25) is 0 Å². The van der Waals surface area contributed by atoms with Crippen molar-refractivity contribution in [2.45, 2.75) is 32.6 Å². The minimum Gasteiger partial charge on any atom is -0.382 e. The van der Waals surface area contributed by atoms with Crippen LogP contribution in [-0.4, -0.2) is 27.0 Å². The summed E-state index contributed by atoms with van der Waals surface area (Å²) in [4.78, 5) is 18.8. The highest BCUT2D eigenvalue weighted by atomic mass is 15.2. The molecule has 0 fully saturated rings. The molecule has 0 bridgehead atoms. The van der Waals surface area contributed by atoms with Crippen LogP contribution in [0.4, 0.5) is 23.3 Å². The van der Waals surface area contributed by atoms with Gasteiger partial charge >= 0.3 is 0 Å². The molecule has 7 nitrogen and oxygen atoms in total. The van der Waals surface area contributed by atoms with E-state index in [1.165, 1.54) is 5.56 Å². The first-order valence-electron chi connectivity index (χ1n) is 8.42. The molecule has 0 radical (unpaired) electrons. The summed E-state index contributed by atoms with van der Waals surface area (Å²) in [7, 11) is 1.94. The molecule has 0 spiro atoms. The van der Waals surface area contributed by atoms with Gasteiger partial charge in [-0.25, -0.2) is 9.97 Å². The van der Waals surface area contributed by atoms with Gasteiger partial charge in [0.15, 0.2) is 22.8 Å². The fourth-order valence-corrected chi connectivity index (χ4v) is 2.96. The first kappa shape index (κ1) is 16.9. The van der Waals surface area contributed by atoms with Crippen molar-refractivity contribution in [2.24, 2.45) is 0 Å². The second-order valence-corrected chi connectivity index (χ2v) is 6.03. The van der Waals surface area contributed by atoms with E-state index in [0.29, 0.717) is 22.9 Å². The maximum absolute atomic E-state index is 5.90. The monoisotopic (exact) mass is 337 g/mol. The van der Waals surface area contributed by atoms with Gasteiger partial charge in [-0.15, -0.1) is 0 Å². The van der Waals surface area contributed by atoms with Crippen molar-refractivity contribution in [1.82, 2.24) is 19.9 Å². The number of hydrogen-bond donors (Lipinski definition) is 2. The summed E-state index contributed by atoms with van der Waals surface area (Å²) in [6, 6.07) is 8.55. The number of nitrogens with zero attached hydrogens (tertiary/aromatic N) is 5. The van der Waals surface area contributed by atoms with Crippen molar-refractivity contribution < 1.29 is 0 Å². The van der Waals surface area contributed by atoms with E-state index in [-0.39, 0.29) is 11.8 Å².